The summed E-state index contributed by atoms with van der Waals surface area (Å²) in [4.78, 5) is 14.6. The fraction of sp³-hybridized carbons (Fsp3) is 0.250. The fourth-order valence-corrected chi connectivity index (χ4v) is 3.31. The molecule has 0 fully saturated rings. The lowest BCUT2D eigenvalue weighted by Gasteiger charge is -2.29. The topological polar surface area (TPSA) is 60.2 Å². The number of ether oxygens (including phenoxy) is 1. The van der Waals surface area contributed by atoms with Crippen molar-refractivity contribution in [2.45, 2.75) is 12.5 Å². The first kappa shape index (κ1) is 16.5. The van der Waals surface area contributed by atoms with Gasteiger partial charge in [-0.3, -0.25) is 4.79 Å². The number of nitrogens with zero attached hydrogens (tertiary/aromatic N) is 4. The molecule has 132 valence electrons. The molecule has 2 heterocycles. The molecular weight excluding hydrogens is 328 g/mol. The minimum Gasteiger partial charge on any atom is -0.371 e. The Bertz CT molecular complexity index is 908. The lowest BCUT2D eigenvalue weighted by Crippen LogP contribution is -2.33. The summed E-state index contributed by atoms with van der Waals surface area (Å²) in [6.07, 6.45) is 4.19. The van der Waals surface area contributed by atoms with Crippen LogP contribution < -0.4 is 0 Å². The van der Waals surface area contributed by atoms with E-state index in [0.717, 1.165) is 12.1 Å². The molecule has 0 N–H and O–H groups in total. The number of hydrogen-bond acceptors (Lipinski definition) is 4. The highest BCUT2D eigenvalue weighted by molar-refractivity contribution is 5.94. The average molecular weight is 348 g/mol. The van der Waals surface area contributed by atoms with E-state index in [-0.39, 0.29) is 12.0 Å². The number of rotatable bonds is 4. The summed E-state index contributed by atoms with van der Waals surface area (Å²) in [6, 6.07) is 15.7. The number of hydrogen-bond donors (Lipinski definition) is 0. The summed E-state index contributed by atoms with van der Waals surface area (Å²) >= 11 is 0. The van der Waals surface area contributed by atoms with Gasteiger partial charge in [-0.1, -0.05) is 35.5 Å². The molecule has 0 bridgehead atoms. The molecule has 6 heteroatoms. The van der Waals surface area contributed by atoms with Gasteiger partial charge in [-0.05, 0) is 35.7 Å². The van der Waals surface area contributed by atoms with Crippen LogP contribution in [-0.2, 0) is 11.2 Å². The summed E-state index contributed by atoms with van der Waals surface area (Å²) in [6.45, 7) is 1.20. The second kappa shape index (κ2) is 7.09. The van der Waals surface area contributed by atoms with E-state index >= 15 is 0 Å². The normalized spacial score (nSPS) is 16.1. The molecule has 2 aromatic carbocycles. The van der Waals surface area contributed by atoms with Crippen molar-refractivity contribution in [2.24, 2.45) is 0 Å². The lowest BCUT2D eigenvalue weighted by molar-refractivity contribution is 0.0200. The summed E-state index contributed by atoms with van der Waals surface area (Å²) in [5.41, 5.74) is 3.90. The van der Waals surface area contributed by atoms with Crippen molar-refractivity contribution in [1.29, 1.82) is 0 Å². The first-order valence-electron chi connectivity index (χ1n) is 8.64. The van der Waals surface area contributed by atoms with E-state index in [4.69, 9.17) is 4.74 Å². The standard InChI is InChI=1S/C20H20N4O2/c1-23(14-19-18-8-3-2-5-15(18)9-12-26-19)20(25)16-6-4-7-17(13-16)24-11-10-21-22-24/h2-8,10-11,13,19H,9,12,14H2,1H3. The van der Waals surface area contributed by atoms with Crippen LogP contribution in [0.4, 0.5) is 0 Å². The third-order valence-corrected chi connectivity index (χ3v) is 4.66. The maximum Gasteiger partial charge on any atom is 0.253 e. The third-order valence-electron chi connectivity index (χ3n) is 4.66. The number of carbonyl (C=O) groups excluding carboxylic acids is 1. The van der Waals surface area contributed by atoms with E-state index in [2.05, 4.69) is 22.4 Å². The van der Waals surface area contributed by atoms with E-state index in [0.29, 0.717) is 18.7 Å². The van der Waals surface area contributed by atoms with Crippen molar-refractivity contribution in [3.05, 3.63) is 77.6 Å². The molecule has 0 spiro atoms. The number of aromatic nitrogens is 3. The van der Waals surface area contributed by atoms with Gasteiger partial charge in [0.05, 0.1) is 31.2 Å². The summed E-state index contributed by atoms with van der Waals surface area (Å²) < 4.78 is 7.56. The average Bonchev–Trinajstić information content (AvgIpc) is 3.23. The van der Waals surface area contributed by atoms with Crippen molar-refractivity contribution in [1.82, 2.24) is 19.9 Å². The van der Waals surface area contributed by atoms with Gasteiger partial charge in [-0.15, -0.1) is 5.10 Å². The zero-order chi connectivity index (χ0) is 17.9. The summed E-state index contributed by atoms with van der Waals surface area (Å²) in [5.74, 6) is -0.0429. The van der Waals surface area contributed by atoms with Crippen LogP contribution in [0.15, 0.2) is 60.9 Å². The van der Waals surface area contributed by atoms with Gasteiger partial charge in [0.1, 0.15) is 6.10 Å². The van der Waals surface area contributed by atoms with Gasteiger partial charge in [0.15, 0.2) is 0 Å². The Morgan fingerprint density at radius 1 is 1.27 bits per heavy atom. The van der Waals surface area contributed by atoms with Crippen molar-refractivity contribution < 1.29 is 9.53 Å². The van der Waals surface area contributed by atoms with Gasteiger partial charge in [0.25, 0.3) is 5.91 Å². The molecule has 3 aromatic rings. The molecule has 0 radical (unpaired) electrons. The molecule has 1 aliphatic heterocycles. The second-order valence-electron chi connectivity index (χ2n) is 6.39. The molecular formula is C20H20N4O2. The Hall–Kier alpha value is -2.99. The van der Waals surface area contributed by atoms with Crippen LogP contribution in [0.25, 0.3) is 5.69 Å². The van der Waals surface area contributed by atoms with Gasteiger partial charge in [-0.25, -0.2) is 4.68 Å². The monoisotopic (exact) mass is 348 g/mol. The number of amides is 1. The molecule has 26 heavy (non-hydrogen) atoms. The van der Waals surface area contributed by atoms with Crippen molar-refractivity contribution in [2.75, 3.05) is 20.2 Å². The third kappa shape index (κ3) is 3.23. The van der Waals surface area contributed by atoms with Crippen LogP contribution in [0.1, 0.15) is 27.6 Å². The Morgan fingerprint density at radius 3 is 3.00 bits per heavy atom. The van der Waals surface area contributed by atoms with Gasteiger partial charge in [0.2, 0.25) is 0 Å². The molecule has 0 saturated heterocycles. The smallest absolute Gasteiger partial charge is 0.253 e. The Kier molecular flexibility index (Phi) is 4.50. The first-order chi connectivity index (χ1) is 12.7. The summed E-state index contributed by atoms with van der Waals surface area (Å²) in [7, 11) is 1.81. The minimum absolute atomic E-state index is 0.0429. The van der Waals surface area contributed by atoms with Crippen LogP contribution in [0.5, 0.6) is 0 Å². The van der Waals surface area contributed by atoms with Crippen molar-refractivity contribution >= 4 is 5.91 Å². The molecule has 6 nitrogen and oxygen atoms in total. The molecule has 1 unspecified atom stereocenters. The highest BCUT2D eigenvalue weighted by Crippen LogP contribution is 2.27. The predicted octanol–water partition coefficient (Wildman–Crippen LogP) is 2.65. The lowest BCUT2D eigenvalue weighted by atomic mass is 9.97. The number of likely N-dealkylation sites (N-methyl/N-ethyl adjacent to an activating group) is 1. The minimum atomic E-state index is -0.0904. The van der Waals surface area contributed by atoms with Crippen LogP contribution in [-0.4, -0.2) is 46.0 Å². The maximum atomic E-state index is 12.9. The zero-order valence-electron chi connectivity index (χ0n) is 14.6. The van der Waals surface area contributed by atoms with Crippen LogP contribution in [0.2, 0.25) is 0 Å². The maximum absolute atomic E-state index is 12.9. The molecule has 1 atom stereocenters. The zero-order valence-corrected chi connectivity index (χ0v) is 14.6. The Labute approximate surface area is 152 Å². The first-order valence-corrected chi connectivity index (χ1v) is 8.64. The Morgan fingerprint density at radius 2 is 2.15 bits per heavy atom. The predicted molar refractivity (Wildman–Crippen MR) is 97.2 cm³/mol. The van der Waals surface area contributed by atoms with Gasteiger partial charge < -0.3 is 9.64 Å². The van der Waals surface area contributed by atoms with E-state index < -0.39 is 0 Å². The molecule has 1 amide bonds. The van der Waals surface area contributed by atoms with Gasteiger partial charge in [-0.2, -0.15) is 0 Å². The van der Waals surface area contributed by atoms with Crippen molar-refractivity contribution in [3.63, 3.8) is 0 Å². The van der Waals surface area contributed by atoms with E-state index in [1.165, 1.54) is 11.1 Å². The quantitative estimate of drug-likeness (QED) is 0.727. The number of fused-ring (bicyclic) bond motifs is 1. The second-order valence-corrected chi connectivity index (χ2v) is 6.39. The number of benzene rings is 2. The van der Waals surface area contributed by atoms with E-state index in [1.807, 2.05) is 43.4 Å². The fourth-order valence-electron chi connectivity index (χ4n) is 3.31. The van der Waals surface area contributed by atoms with Gasteiger partial charge in [0, 0.05) is 12.6 Å². The SMILES string of the molecule is CN(CC1OCCc2ccccc21)C(=O)c1cccc(-n2ccnn2)c1. The molecule has 4 rings (SSSR count). The van der Waals surface area contributed by atoms with Crippen LogP contribution in [0.3, 0.4) is 0 Å². The molecule has 0 aliphatic carbocycles. The van der Waals surface area contributed by atoms with Crippen LogP contribution in [0, 0.1) is 0 Å². The largest absolute Gasteiger partial charge is 0.371 e. The van der Waals surface area contributed by atoms with Gasteiger partial charge >= 0.3 is 0 Å². The highest BCUT2D eigenvalue weighted by atomic mass is 16.5. The molecule has 1 aliphatic rings. The van der Waals surface area contributed by atoms with E-state index in [9.17, 15) is 4.79 Å². The highest BCUT2D eigenvalue weighted by Gasteiger charge is 2.24. The number of carbonyl (C=O) groups is 1. The summed E-state index contributed by atoms with van der Waals surface area (Å²) in [5, 5.41) is 7.78. The van der Waals surface area contributed by atoms with E-state index in [1.54, 1.807) is 22.0 Å². The Balaban J connectivity index is 1.52. The molecule has 0 saturated carbocycles. The molecule has 1 aromatic heterocycles. The van der Waals surface area contributed by atoms with Crippen LogP contribution >= 0.6 is 0 Å². The van der Waals surface area contributed by atoms with Crippen molar-refractivity contribution in [3.8, 4) is 5.69 Å².